The van der Waals surface area contributed by atoms with Crippen LogP contribution in [0, 0.1) is 5.41 Å². The smallest absolute Gasteiger partial charge is 0.240 e. The number of rotatable bonds is 5. The zero-order valence-electron chi connectivity index (χ0n) is 18.3. The predicted molar refractivity (Wildman–Crippen MR) is 120 cm³/mol. The Balaban J connectivity index is 1.94. The third-order valence-corrected chi connectivity index (χ3v) is 5.25. The van der Waals surface area contributed by atoms with Crippen LogP contribution in [0.5, 0.6) is 17.4 Å². The van der Waals surface area contributed by atoms with Crippen LogP contribution in [0.2, 0.25) is 0 Å². The van der Waals surface area contributed by atoms with Gasteiger partial charge in [-0.25, -0.2) is 0 Å². The van der Waals surface area contributed by atoms with E-state index in [1.54, 1.807) is 70.3 Å². The van der Waals surface area contributed by atoms with Gasteiger partial charge in [0.05, 0.1) is 18.4 Å². The quantitative estimate of drug-likeness (QED) is 0.407. The van der Waals surface area contributed by atoms with Gasteiger partial charge in [-0.05, 0) is 42.0 Å². The summed E-state index contributed by atoms with van der Waals surface area (Å²) in [6, 6.07) is 16.1. The van der Waals surface area contributed by atoms with Gasteiger partial charge in [-0.15, -0.1) is 0 Å². The van der Waals surface area contributed by atoms with E-state index >= 15 is 0 Å². The fourth-order valence-electron chi connectivity index (χ4n) is 3.55. The first-order valence-corrected chi connectivity index (χ1v) is 10.1. The lowest BCUT2D eigenvalue weighted by molar-refractivity contribution is 0.0856. The van der Waals surface area contributed by atoms with Crippen molar-refractivity contribution in [1.82, 2.24) is 9.72 Å². The van der Waals surface area contributed by atoms with Crippen LogP contribution >= 0.6 is 0 Å². The van der Waals surface area contributed by atoms with Gasteiger partial charge in [0.25, 0.3) is 0 Å². The van der Waals surface area contributed by atoms with Crippen LogP contribution in [-0.2, 0) is 0 Å². The van der Waals surface area contributed by atoms with Crippen LogP contribution in [0.25, 0.3) is 28.2 Å². The molecule has 0 aliphatic carbocycles. The number of carbonyl (C=O) groups excluding carboxylic acids is 1. The van der Waals surface area contributed by atoms with E-state index in [1.807, 2.05) is 12.1 Å². The van der Waals surface area contributed by atoms with Gasteiger partial charge in [-0.1, -0.05) is 38.1 Å². The normalized spacial score (nSPS) is 11.5. The largest absolute Gasteiger partial charge is 0.503 e. The molecule has 4 aromatic rings. The Morgan fingerprint density at radius 3 is 2.12 bits per heavy atom. The molecule has 0 saturated carbocycles. The molecule has 0 atom stereocenters. The van der Waals surface area contributed by atoms with E-state index in [-0.39, 0.29) is 11.3 Å². The minimum atomic E-state index is -0.770. The molecule has 2 heterocycles. The van der Waals surface area contributed by atoms with E-state index in [4.69, 9.17) is 9.26 Å². The number of ketones is 1. The van der Waals surface area contributed by atoms with E-state index in [9.17, 15) is 15.0 Å². The summed E-state index contributed by atoms with van der Waals surface area (Å²) in [5.41, 5.74) is 2.43. The summed E-state index contributed by atoms with van der Waals surface area (Å²) in [4.78, 5) is 13.3. The van der Waals surface area contributed by atoms with E-state index in [2.05, 4.69) is 5.16 Å². The van der Waals surface area contributed by atoms with Gasteiger partial charge in [-0.3, -0.25) is 9.36 Å². The molecule has 2 aromatic carbocycles. The van der Waals surface area contributed by atoms with Crippen LogP contribution < -0.4 is 4.74 Å². The van der Waals surface area contributed by atoms with Crippen LogP contribution in [0.4, 0.5) is 0 Å². The third-order valence-electron chi connectivity index (χ3n) is 5.25. The number of hydrogen-bond acceptors (Lipinski definition) is 6. The molecular formula is C25H24N2O5. The highest BCUT2D eigenvalue weighted by molar-refractivity contribution is 6.08. The summed E-state index contributed by atoms with van der Waals surface area (Å²) in [6.45, 7) is 5.31. The second-order valence-corrected chi connectivity index (χ2v) is 8.47. The summed E-state index contributed by atoms with van der Waals surface area (Å²) in [7, 11) is 1.57. The van der Waals surface area contributed by atoms with Gasteiger partial charge in [0.1, 0.15) is 17.7 Å². The third kappa shape index (κ3) is 3.62. The fraction of sp³-hybridized carbons (Fsp3) is 0.200. The molecule has 0 aliphatic heterocycles. The van der Waals surface area contributed by atoms with Crippen LogP contribution in [0.1, 0.15) is 31.1 Å². The topological polar surface area (TPSA) is 97.7 Å². The standard InChI is InChI=1S/C25H24N2O5/c1-25(2,3)23(29)20-21(16-7-11-18(31-4)12-8-16)27(24(30)22(20)28)17-9-5-15(6-10-17)19-13-14-32-26-19/h5-14,28,30H,1-4H3. The van der Waals surface area contributed by atoms with Gasteiger partial charge in [-0.2, -0.15) is 0 Å². The minimum absolute atomic E-state index is 0.0701. The van der Waals surface area contributed by atoms with Crippen LogP contribution in [0.3, 0.4) is 0 Å². The Hall–Kier alpha value is -4.00. The number of methoxy groups -OCH3 is 1. The second-order valence-electron chi connectivity index (χ2n) is 8.47. The van der Waals surface area contributed by atoms with Crippen molar-refractivity contribution in [3.8, 4) is 45.6 Å². The molecule has 164 valence electrons. The molecular weight excluding hydrogens is 408 g/mol. The maximum absolute atomic E-state index is 13.3. The predicted octanol–water partition coefficient (Wildman–Crippen LogP) is 5.45. The number of nitrogens with zero attached hydrogens (tertiary/aromatic N) is 2. The molecule has 32 heavy (non-hydrogen) atoms. The first-order chi connectivity index (χ1) is 15.2. The highest BCUT2D eigenvalue weighted by Gasteiger charge is 2.34. The van der Waals surface area contributed by atoms with Crippen molar-refractivity contribution < 1.29 is 24.3 Å². The van der Waals surface area contributed by atoms with Crippen molar-refractivity contribution in [2.75, 3.05) is 7.11 Å². The number of aromatic nitrogens is 2. The number of ether oxygens (including phenoxy) is 1. The number of Topliss-reactive ketones (excluding diaryl/α,β-unsaturated/α-hetero) is 1. The molecule has 2 N–H and O–H groups in total. The number of aromatic hydroxyl groups is 2. The molecule has 0 fully saturated rings. The summed E-state index contributed by atoms with van der Waals surface area (Å²) in [6.07, 6.45) is 1.49. The van der Waals surface area contributed by atoms with E-state index < -0.39 is 17.0 Å². The zero-order valence-corrected chi connectivity index (χ0v) is 18.3. The Kier molecular flexibility index (Phi) is 5.26. The molecule has 0 saturated heterocycles. The van der Waals surface area contributed by atoms with Crippen molar-refractivity contribution in [3.63, 3.8) is 0 Å². The Bertz CT molecular complexity index is 1250. The number of carbonyl (C=O) groups is 1. The highest BCUT2D eigenvalue weighted by atomic mass is 16.5. The Labute approximate surface area is 185 Å². The molecule has 0 spiro atoms. The molecule has 0 unspecified atom stereocenters. The van der Waals surface area contributed by atoms with Gasteiger partial charge in [0, 0.05) is 22.7 Å². The van der Waals surface area contributed by atoms with Crippen molar-refractivity contribution >= 4 is 5.78 Å². The minimum Gasteiger partial charge on any atom is -0.503 e. The van der Waals surface area contributed by atoms with Gasteiger partial charge >= 0.3 is 0 Å². The van der Waals surface area contributed by atoms with Crippen LogP contribution in [-0.4, -0.2) is 32.8 Å². The molecule has 0 amide bonds. The molecule has 0 radical (unpaired) electrons. The molecule has 2 aromatic heterocycles. The maximum atomic E-state index is 13.3. The Morgan fingerprint density at radius 2 is 1.59 bits per heavy atom. The van der Waals surface area contributed by atoms with E-state index in [0.29, 0.717) is 28.4 Å². The average molecular weight is 432 g/mol. The number of benzene rings is 2. The van der Waals surface area contributed by atoms with Crippen molar-refractivity contribution in [3.05, 3.63) is 66.4 Å². The van der Waals surface area contributed by atoms with E-state index in [1.165, 1.54) is 10.8 Å². The summed E-state index contributed by atoms with van der Waals surface area (Å²) in [5, 5.41) is 25.6. The average Bonchev–Trinajstić information content (AvgIpc) is 3.40. The zero-order chi connectivity index (χ0) is 23.0. The maximum Gasteiger partial charge on any atom is 0.240 e. The van der Waals surface area contributed by atoms with Crippen LogP contribution in [0.15, 0.2) is 65.4 Å². The first-order valence-electron chi connectivity index (χ1n) is 10.1. The van der Waals surface area contributed by atoms with Gasteiger partial charge in [0.2, 0.25) is 5.88 Å². The lowest BCUT2D eigenvalue weighted by Gasteiger charge is -2.18. The second kappa shape index (κ2) is 7.92. The fourth-order valence-corrected chi connectivity index (χ4v) is 3.55. The summed E-state index contributed by atoms with van der Waals surface area (Å²) < 4.78 is 11.6. The van der Waals surface area contributed by atoms with Crippen molar-refractivity contribution in [2.24, 2.45) is 5.41 Å². The summed E-state index contributed by atoms with van der Waals surface area (Å²) in [5.74, 6) is -0.482. The monoisotopic (exact) mass is 432 g/mol. The summed E-state index contributed by atoms with van der Waals surface area (Å²) >= 11 is 0. The van der Waals surface area contributed by atoms with Crippen molar-refractivity contribution in [2.45, 2.75) is 20.8 Å². The van der Waals surface area contributed by atoms with Gasteiger partial charge < -0.3 is 19.5 Å². The SMILES string of the molecule is COc1ccc(-c2c(C(=O)C(C)(C)C)c(O)c(O)n2-c2ccc(-c3ccon3)cc2)cc1. The lowest BCUT2D eigenvalue weighted by atomic mass is 9.85. The molecule has 7 heteroatoms. The van der Waals surface area contributed by atoms with Crippen molar-refractivity contribution in [1.29, 1.82) is 0 Å². The Morgan fingerprint density at radius 1 is 0.969 bits per heavy atom. The first kappa shape index (κ1) is 21.2. The molecule has 7 nitrogen and oxygen atoms in total. The molecule has 0 aliphatic rings. The number of hydrogen-bond donors (Lipinski definition) is 2. The van der Waals surface area contributed by atoms with E-state index in [0.717, 1.165) is 5.56 Å². The molecule has 0 bridgehead atoms. The highest BCUT2D eigenvalue weighted by Crippen LogP contribution is 2.45. The van der Waals surface area contributed by atoms with Gasteiger partial charge in [0.15, 0.2) is 11.5 Å². The molecule has 4 rings (SSSR count). The lowest BCUT2D eigenvalue weighted by Crippen LogP contribution is -2.20.